The molecule has 0 radical (unpaired) electrons. The lowest BCUT2D eigenvalue weighted by Gasteiger charge is -2.14. The second kappa shape index (κ2) is 3.27. The Bertz CT molecular complexity index is 182. The average molecular weight is 169 g/mol. The molecule has 0 aliphatic rings. The van der Waals surface area contributed by atoms with Gasteiger partial charge in [-0.05, 0) is 5.76 Å². The van der Waals surface area contributed by atoms with Crippen molar-refractivity contribution in [3.05, 3.63) is 11.8 Å². The molecule has 0 aromatic heterocycles. The summed E-state index contributed by atoms with van der Waals surface area (Å²) in [6, 6.07) is 0. The molecule has 0 unspecified atom stereocenters. The van der Waals surface area contributed by atoms with Gasteiger partial charge in [0.25, 0.3) is 0 Å². The molecule has 0 heterocycles. The summed E-state index contributed by atoms with van der Waals surface area (Å²) >= 11 is 0. The van der Waals surface area contributed by atoms with Crippen molar-refractivity contribution in [1.29, 1.82) is 0 Å². The van der Waals surface area contributed by atoms with Gasteiger partial charge in [-0.2, -0.15) is 13.2 Å². The molecular weight excluding hydrogens is 165 g/mol. The number of allylic oxidation sites excluding steroid dienone is 1. The SMILES string of the molecule is COC(=O)/C=C(\[O-])C(F)(F)F. The van der Waals surface area contributed by atoms with Gasteiger partial charge in [0.15, 0.2) is 0 Å². The summed E-state index contributed by atoms with van der Waals surface area (Å²) in [7, 11) is 0.877. The molecular formula is C5H4F3O3-. The van der Waals surface area contributed by atoms with Crippen LogP contribution in [0.1, 0.15) is 0 Å². The molecule has 11 heavy (non-hydrogen) atoms. The fraction of sp³-hybridized carbons (Fsp3) is 0.400. The normalized spacial score (nSPS) is 12.9. The zero-order valence-corrected chi connectivity index (χ0v) is 5.44. The van der Waals surface area contributed by atoms with Crippen molar-refractivity contribution in [3.63, 3.8) is 0 Å². The molecule has 0 saturated carbocycles. The molecule has 0 aliphatic carbocycles. The van der Waals surface area contributed by atoms with Crippen molar-refractivity contribution < 1.29 is 27.8 Å². The van der Waals surface area contributed by atoms with E-state index in [1.807, 2.05) is 0 Å². The van der Waals surface area contributed by atoms with E-state index in [9.17, 15) is 23.1 Å². The van der Waals surface area contributed by atoms with Crippen LogP contribution < -0.4 is 5.11 Å². The van der Waals surface area contributed by atoms with Crippen LogP contribution >= 0.6 is 0 Å². The highest BCUT2D eigenvalue weighted by Gasteiger charge is 2.26. The number of alkyl halides is 3. The molecule has 3 nitrogen and oxygen atoms in total. The minimum atomic E-state index is -5.01. The molecule has 0 rings (SSSR count). The monoisotopic (exact) mass is 169 g/mol. The third-order valence-electron chi connectivity index (χ3n) is 0.730. The van der Waals surface area contributed by atoms with Crippen molar-refractivity contribution >= 4 is 5.97 Å². The number of ether oxygens (including phenoxy) is 1. The quantitative estimate of drug-likeness (QED) is 0.314. The summed E-state index contributed by atoms with van der Waals surface area (Å²) in [6.45, 7) is 0. The predicted octanol–water partition coefficient (Wildman–Crippen LogP) is -0.0341. The molecule has 0 saturated heterocycles. The second-order valence-corrected chi connectivity index (χ2v) is 1.53. The van der Waals surface area contributed by atoms with E-state index in [0.29, 0.717) is 0 Å². The molecule has 0 spiro atoms. The van der Waals surface area contributed by atoms with Gasteiger partial charge in [-0.15, -0.1) is 0 Å². The molecule has 0 aromatic rings. The molecule has 0 bridgehead atoms. The van der Waals surface area contributed by atoms with Gasteiger partial charge < -0.3 is 9.84 Å². The molecule has 0 amide bonds. The number of esters is 1. The van der Waals surface area contributed by atoms with Crippen molar-refractivity contribution in [2.75, 3.05) is 7.11 Å². The summed E-state index contributed by atoms with van der Waals surface area (Å²) in [6.07, 6.45) is -5.16. The average Bonchev–Trinajstić information content (AvgIpc) is 1.85. The molecule has 64 valence electrons. The second-order valence-electron chi connectivity index (χ2n) is 1.53. The van der Waals surface area contributed by atoms with E-state index in [-0.39, 0.29) is 6.08 Å². The number of carbonyl (C=O) groups is 1. The van der Waals surface area contributed by atoms with Gasteiger partial charge in [0.2, 0.25) is 0 Å². The number of hydrogen-bond donors (Lipinski definition) is 0. The van der Waals surface area contributed by atoms with E-state index >= 15 is 0 Å². The van der Waals surface area contributed by atoms with Crippen LogP contribution in [0.25, 0.3) is 0 Å². The van der Waals surface area contributed by atoms with Crippen molar-refractivity contribution in [2.24, 2.45) is 0 Å². The number of hydrogen-bond acceptors (Lipinski definition) is 3. The summed E-state index contributed by atoms with van der Waals surface area (Å²) in [5.74, 6) is -3.53. The zero-order valence-electron chi connectivity index (χ0n) is 5.44. The lowest BCUT2D eigenvalue weighted by molar-refractivity contribution is -0.360. The van der Waals surface area contributed by atoms with Gasteiger partial charge in [-0.25, -0.2) is 4.79 Å². The maximum absolute atomic E-state index is 11.4. The van der Waals surface area contributed by atoms with Crippen molar-refractivity contribution in [1.82, 2.24) is 0 Å². The third-order valence-corrected chi connectivity index (χ3v) is 0.730. The third kappa shape index (κ3) is 3.49. The van der Waals surface area contributed by atoms with Gasteiger partial charge >= 0.3 is 12.1 Å². The van der Waals surface area contributed by atoms with Gasteiger partial charge in [0.1, 0.15) is 0 Å². The Balaban J connectivity index is 4.35. The zero-order chi connectivity index (χ0) is 9.07. The van der Waals surface area contributed by atoms with E-state index in [1.54, 1.807) is 0 Å². The van der Waals surface area contributed by atoms with Crippen molar-refractivity contribution in [3.8, 4) is 0 Å². The molecule has 0 atom stereocenters. The van der Waals surface area contributed by atoms with Crippen LogP contribution in [0.4, 0.5) is 13.2 Å². The van der Waals surface area contributed by atoms with E-state index in [2.05, 4.69) is 4.74 Å². The van der Waals surface area contributed by atoms with E-state index < -0.39 is 17.9 Å². The Morgan fingerprint density at radius 3 is 2.27 bits per heavy atom. The van der Waals surface area contributed by atoms with Crippen LogP contribution in [0.5, 0.6) is 0 Å². The molecule has 0 aliphatic heterocycles. The minimum Gasteiger partial charge on any atom is -0.869 e. The molecule has 0 N–H and O–H groups in total. The predicted molar refractivity (Wildman–Crippen MR) is 26.2 cm³/mol. The first-order chi connectivity index (χ1) is 4.88. The number of carbonyl (C=O) groups excluding carboxylic acids is 1. The topological polar surface area (TPSA) is 49.4 Å². The summed E-state index contributed by atoms with van der Waals surface area (Å²) in [4.78, 5) is 10.1. The molecule has 0 aromatic carbocycles. The number of rotatable bonds is 1. The number of halogens is 3. The Hall–Kier alpha value is -1.20. The Kier molecular flexibility index (Phi) is 2.91. The minimum absolute atomic E-state index is 0.153. The fourth-order valence-corrected chi connectivity index (χ4v) is 0.248. The van der Waals surface area contributed by atoms with Crippen LogP contribution in [-0.2, 0) is 9.53 Å². The van der Waals surface area contributed by atoms with Crippen LogP contribution in [-0.4, -0.2) is 19.3 Å². The largest absolute Gasteiger partial charge is 0.869 e. The highest BCUT2D eigenvalue weighted by molar-refractivity contribution is 5.82. The first-order valence-electron chi connectivity index (χ1n) is 2.41. The first kappa shape index (κ1) is 9.80. The molecule has 6 heteroatoms. The van der Waals surface area contributed by atoms with Gasteiger partial charge in [-0.3, -0.25) is 0 Å². The van der Waals surface area contributed by atoms with E-state index in [0.717, 1.165) is 7.11 Å². The van der Waals surface area contributed by atoms with Crippen LogP contribution in [0.3, 0.4) is 0 Å². The first-order valence-corrected chi connectivity index (χ1v) is 2.41. The van der Waals surface area contributed by atoms with E-state index in [1.165, 1.54) is 0 Å². The molecule has 0 fully saturated rings. The Morgan fingerprint density at radius 1 is 1.55 bits per heavy atom. The van der Waals surface area contributed by atoms with Gasteiger partial charge in [-0.1, -0.05) is 0 Å². The smallest absolute Gasteiger partial charge is 0.402 e. The van der Waals surface area contributed by atoms with Crippen molar-refractivity contribution in [2.45, 2.75) is 6.18 Å². The summed E-state index contributed by atoms with van der Waals surface area (Å²) < 4.78 is 37.9. The maximum atomic E-state index is 11.4. The Morgan fingerprint density at radius 2 is 2.00 bits per heavy atom. The lowest BCUT2D eigenvalue weighted by atomic mass is 10.4. The lowest BCUT2D eigenvalue weighted by Crippen LogP contribution is -2.24. The highest BCUT2D eigenvalue weighted by atomic mass is 19.4. The van der Waals surface area contributed by atoms with Crippen LogP contribution in [0, 0.1) is 0 Å². The summed E-state index contributed by atoms with van der Waals surface area (Å²) in [5.41, 5.74) is 0. The van der Waals surface area contributed by atoms with E-state index in [4.69, 9.17) is 0 Å². The maximum Gasteiger partial charge on any atom is 0.402 e. The van der Waals surface area contributed by atoms with Gasteiger partial charge in [0.05, 0.1) is 7.11 Å². The fourth-order valence-electron chi connectivity index (χ4n) is 0.248. The standard InChI is InChI=1S/C5H5F3O3/c1-11-4(10)2-3(9)5(6,7)8/h2,9H,1H3/p-1/b3-2-. The summed E-state index contributed by atoms with van der Waals surface area (Å²) in [5, 5.41) is 9.95. The van der Waals surface area contributed by atoms with Gasteiger partial charge in [0, 0.05) is 6.08 Å². The Labute approximate surface area is 60.1 Å². The van der Waals surface area contributed by atoms with Crippen LogP contribution in [0.2, 0.25) is 0 Å². The van der Waals surface area contributed by atoms with Crippen LogP contribution in [0.15, 0.2) is 11.8 Å². The number of methoxy groups -OCH3 is 1. The highest BCUT2D eigenvalue weighted by Crippen LogP contribution is 2.20.